The van der Waals surface area contributed by atoms with E-state index in [2.05, 4.69) is 10.2 Å². The maximum absolute atomic E-state index is 11.3. The zero-order valence-electron chi connectivity index (χ0n) is 9.79. The minimum atomic E-state index is -3.20. The molecule has 0 bridgehead atoms. The van der Waals surface area contributed by atoms with Crippen molar-refractivity contribution in [1.82, 2.24) is 10.2 Å². The van der Waals surface area contributed by atoms with Gasteiger partial charge in [-0.2, -0.15) is 0 Å². The van der Waals surface area contributed by atoms with Crippen molar-refractivity contribution in [2.75, 3.05) is 6.26 Å². The molecule has 0 N–H and O–H groups in total. The van der Waals surface area contributed by atoms with Crippen molar-refractivity contribution in [3.63, 3.8) is 0 Å². The molecule has 18 heavy (non-hydrogen) atoms. The van der Waals surface area contributed by atoms with Crippen molar-refractivity contribution in [2.45, 2.75) is 17.2 Å². The summed E-state index contributed by atoms with van der Waals surface area (Å²) in [5, 5.41) is 7.29. The zero-order chi connectivity index (χ0) is 13.3. The van der Waals surface area contributed by atoms with Crippen LogP contribution in [0, 0.1) is 0 Å². The van der Waals surface area contributed by atoms with Crippen LogP contribution in [0.4, 0.5) is 0 Å². The van der Waals surface area contributed by atoms with Crippen LogP contribution in [0.5, 0.6) is 0 Å². The van der Waals surface area contributed by atoms with Gasteiger partial charge in [-0.15, -0.1) is 21.8 Å². The van der Waals surface area contributed by atoms with Crippen molar-refractivity contribution in [1.29, 1.82) is 0 Å². The molecule has 7 heteroatoms. The van der Waals surface area contributed by atoms with E-state index in [4.69, 9.17) is 16.0 Å². The van der Waals surface area contributed by atoms with E-state index in [1.165, 1.54) is 12.1 Å². The molecule has 0 spiro atoms. The number of benzene rings is 1. The highest BCUT2D eigenvalue weighted by Gasteiger charge is 2.13. The fraction of sp³-hybridized carbons (Fsp3) is 0.273. The molecule has 1 aromatic heterocycles. The smallest absolute Gasteiger partial charge is 0.247 e. The summed E-state index contributed by atoms with van der Waals surface area (Å²) in [5.74, 6) is 0.649. The van der Waals surface area contributed by atoms with Crippen LogP contribution >= 0.6 is 11.6 Å². The van der Waals surface area contributed by atoms with E-state index >= 15 is 0 Å². The van der Waals surface area contributed by atoms with Crippen molar-refractivity contribution in [3.8, 4) is 11.5 Å². The number of hydrogen-bond acceptors (Lipinski definition) is 5. The summed E-state index contributed by atoms with van der Waals surface area (Å²) in [7, 11) is -3.20. The molecular formula is C11H11ClN2O3S. The van der Waals surface area contributed by atoms with Crippen molar-refractivity contribution in [2.24, 2.45) is 0 Å². The van der Waals surface area contributed by atoms with Crippen LogP contribution in [0.3, 0.4) is 0 Å². The molecule has 0 fully saturated rings. The molecule has 1 unspecified atom stereocenters. The zero-order valence-corrected chi connectivity index (χ0v) is 11.4. The van der Waals surface area contributed by atoms with Crippen molar-refractivity contribution >= 4 is 21.4 Å². The van der Waals surface area contributed by atoms with E-state index in [9.17, 15) is 8.42 Å². The molecule has 2 rings (SSSR count). The highest BCUT2D eigenvalue weighted by atomic mass is 35.5. The second-order valence-corrected chi connectivity index (χ2v) is 6.53. The second kappa shape index (κ2) is 4.70. The predicted octanol–water partition coefficient (Wildman–Crippen LogP) is 2.44. The summed E-state index contributed by atoms with van der Waals surface area (Å²) in [6, 6.07) is 6.23. The molecule has 0 aliphatic rings. The van der Waals surface area contributed by atoms with E-state index in [1.54, 1.807) is 19.1 Å². The van der Waals surface area contributed by atoms with Gasteiger partial charge < -0.3 is 4.42 Å². The number of sulfone groups is 1. The largest absolute Gasteiger partial charge is 0.419 e. The first-order valence-electron chi connectivity index (χ1n) is 5.16. The monoisotopic (exact) mass is 286 g/mol. The van der Waals surface area contributed by atoms with Gasteiger partial charge >= 0.3 is 0 Å². The third-order valence-corrected chi connectivity index (χ3v) is 3.63. The summed E-state index contributed by atoms with van der Waals surface area (Å²) in [4.78, 5) is 0.247. The lowest BCUT2D eigenvalue weighted by Gasteiger charge is -1.99. The Hall–Kier alpha value is -1.40. The first-order valence-corrected chi connectivity index (χ1v) is 7.48. The number of halogens is 1. The predicted molar refractivity (Wildman–Crippen MR) is 67.1 cm³/mol. The Morgan fingerprint density at radius 3 is 2.28 bits per heavy atom. The maximum Gasteiger partial charge on any atom is 0.247 e. The van der Waals surface area contributed by atoms with Crippen molar-refractivity contribution in [3.05, 3.63) is 30.2 Å². The normalized spacial score (nSPS) is 13.5. The van der Waals surface area contributed by atoms with E-state index in [1.807, 2.05) is 0 Å². The minimum absolute atomic E-state index is 0.247. The molecule has 5 nitrogen and oxygen atoms in total. The van der Waals surface area contributed by atoms with Gasteiger partial charge in [0.25, 0.3) is 0 Å². The molecule has 0 saturated heterocycles. The SMILES string of the molecule is CC(Cl)c1nnc(-c2ccc(S(C)(=O)=O)cc2)o1. The third kappa shape index (κ3) is 2.70. The molecule has 1 atom stereocenters. The van der Waals surface area contributed by atoms with E-state index in [0.29, 0.717) is 17.3 Å². The lowest BCUT2D eigenvalue weighted by atomic mass is 10.2. The van der Waals surface area contributed by atoms with Gasteiger partial charge in [0.2, 0.25) is 11.8 Å². The Kier molecular flexibility index (Phi) is 3.41. The topological polar surface area (TPSA) is 73.1 Å². The summed E-state index contributed by atoms with van der Waals surface area (Å²) in [5.41, 5.74) is 0.651. The van der Waals surface area contributed by atoms with Gasteiger partial charge in [-0.3, -0.25) is 0 Å². The minimum Gasteiger partial charge on any atom is -0.419 e. The quantitative estimate of drug-likeness (QED) is 0.810. The van der Waals surface area contributed by atoms with Crippen LogP contribution in [-0.2, 0) is 9.84 Å². The maximum atomic E-state index is 11.3. The molecule has 0 saturated carbocycles. The summed E-state index contributed by atoms with van der Waals surface area (Å²) in [6.45, 7) is 1.73. The van der Waals surface area contributed by atoms with Crippen LogP contribution < -0.4 is 0 Å². The van der Waals surface area contributed by atoms with Crippen LogP contribution in [0.15, 0.2) is 33.6 Å². The molecule has 0 aliphatic heterocycles. The second-order valence-electron chi connectivity index (χ2n) is 3.86. The molecule has 1 aromatic carbocycles. The highest BCUT2D eigenvalue weighted by molar-refractivity contribution is 7.90. The van der Waals surface area contributed by atoms with Gasteiger partial charge in [0.1, 0.15) is 5.38 Å². The Balaban J connectivity index is 2.34. The number of nitrogens with zero attached hydrogens (tertiary/aromatic N) is 2. The van der Waals surface area contributed by atoms with Gasteiger partial charge in [-0.05, 0) is 31.2 Å². The lowest BCUT2D eigenvalue weighted by molar-refractivity contribution is 0.507. The molecule has 96 valence electrons. The fourth-order valence-corrected chi connectivity index (χ4v) is 2.08. The Morgan fingerprint density at radius 1 is 1.22 bits per heavy atom. The number of alkyl halides is 1. The Labute approximate surface area is 110 Å². The van der Waals surface area contributed by atoms with Gasteiger partial charge in [0, 0.05) is 11.8 Å². The standard InChI is InChI=1S/C11H11ClN2O3S/c1-7(12)10-13-14-11(17-10)8-3-5-9(6-4-8)18(2,15)16/h3-7H,1-2H3. The molecule has 0 radical (unpaired) electrons. The van der Waals surface area contributed by atoms with E-state index < -0.39 is 9.84 Å². The number of rotatable bonds is 3. The van der Waals surface area contributed by atoms with Crippen LogP contribution in [0.25, 0.3) is 11.5 Å². The molecule has 1 heterocycles. The molecule has 0 amide bonds. The Bertz CT molecular complexity index is 647. The van der Waals surface area contributed by atoms with Gasteiger partial charge in [-0.25, -0.2) is 8.42 Å². The third-order valence-electron chi connectivity index (χ3n) is 2.31. The molecule has 0 aliphatic carbocycles. The van der Waals surface area contributed by atoms with Crippen LogP contribution in [0.1, 0.15) is 18.2 Å². The van der Waals surface area contributed by atoms with Gasteiger partial charge in [0.05, 0.1) is 4.90 Å². The van der Waals surface area contributed by atoms with Crippen molar-refractivity contribution < 1.29 is 12.8 Å². The summed E-state index contributed by atoms with van der Waals surface area (Å²) in [6.07, 6.45) is 1.15. The van der Waals surface area contributed by atoms with E-state index in [0.717, 1.165) is 6.26 Å². The van der Waals surface area contributed by atoms with Crippen LogP contribution in [-0.4, -0.2) is 24.9 Å². The summed E-state index contributed by atoms with van der Waals surface area (Å²) < 4.78 is 28.0. The average molecular weight is 287 g/mol. The van der Waals surface area contributed by atoms with Crippen LogP contribution in [0.2, 0.25) is 0 Å². The number of aromatic nitrogens is 2. The van der Waals surface area contributed by atoms with Gasteiger partial charge in [-0.1, -0.05) is 0 Å². The fourth-order valence-electron chi connectivity index (χ4n) is 1.36. The highest BCUT2D eigenvalue weighted by Crippen LogP contribution is 2.24. The lowest BCUT2D eigenvalue weighted by Crippen LogP contribution is -1.96. The van der Waals surface area contributed by atoms with Gasteiger partial charge in [0.15, 0.2) is 9.84 Å². The molecular weight excluding hydrogens is 276 g/mol. The average Bonchev–Trinajstić information content (AvgIpc) is 2.77. The first kappa shape index (κ1) is 13.0. The Morgan fingerprint density at radius 2 is 1.83 bits per heavy atom. The first-order chi connectivity index (χ1) is 8.38. The molecule has 2 aromatic rings. The van der Waals surface area contributed by atoms with E-state index in [-0.39, 0.29) is 10.3 Å². The number of hydrogen-bond donors (Lipinski definition) is 0. The summed E-state index contributed by atoms with van der Waals surface area (Å²) >= 11 is 5.81.